The third-order valence-corrected chi connectivity index (χ3v) is 9.54. The number of benzene rings is 3. The summed E-state index contributed by atoms with van der Waals surface area (Å²) in [6.07, 6.45) is 7.54. The van der Waals surface area contributed by atoms with Gasteiger partial charge in [-0.3, -0.25) is 0 Å². The van der Waals surface area contributed by atoms with Gasteiger partial charge in [0.05, 0.1) is 5.41 Å². The molecule has 0 fully saturated rings. The molecule has 6 rings (SSSR count). The number of halogens is 1. The molecule has 0 N–H and O–H groups in total. The molecule has 0 nitrogen and oxygen atoms in total. The SMILES string of the molecule is CC(C)(C)C1=CC2C(C)(C=C1)c1ccc(C(C)(C)C)cc1C21c2ccccc2-c2cccc(Br)c21. The van der Waals surface area contributed by atoms with Crippen LogP contribution in [0.25, 0.3) is 11.1 Å². The number of fused-ring (bicyclic) bond motifs is 10. The average Bonchev–Trinajstić information content (AvgIpc) is 3.22. The number of hydrogen-bond acceptors (Lipinski definition) is 0. The maximum Gasteiger partial charge on any atom is 0.0551 e. The van der Waals surface area contributed by atoms with E-state index >= 15 is 0 Å². The largest absolute Gasteiger partial charge is 0.0749 e. The minimum absolute atomic E-state index is 0.0789. The number of allylic oxidation sites excluding steroid dienone is 4. The van der Waals surface area contributed by atoms with Gasteiger partial charge in [0.15, 0.2) is 0 Å². The number of hydrogen-bond donors (Lipinski definition) is 0. The second-order valence-corrected chi connectivity index (χ2v) is 13.8. The van der Waals surface area contributed by atoms with E-state index in [2.05, 4.69) is 143 Å². The molecular formula is C34H35Br. The molecule has 3 aliphatic carbocycles. The summed E-state index contributed by atoms with van der Waals surface area (Å²) in [5.41, 5.74) is 11.3. The first kappa shape index (κ1) is 23.0. The molecule has 3 unspecified atom stereocenters. The van der Waals surface area contributed by atoms with Crippen molar-refractivity contribution in [2.24, 2.45) is 11.3 Å². The quantitative estimate of drug-likeness (QED) is 0.275. The van der Waals surface area contributed by atoms with E-state index in [4.69, 9.17) is 0 Å². The van der Waals surface area contributed by atoms with E-state index in [0.29, 0.717) is 5.92 Å². The highest BCUT2D eigenvalue weighted by atomic mass is 79.9. The molecule has 0 radical (unpaired) electrons. The lowest BCUT2D eigenvalue weighted by Crippen LogP contribution is -2.40. The Balaban J connectivity index is 1.81. The van der Waals surface area contributed by atoms with Gasteiger partial charge in [-0.05, 0) is 61.4 Å². The third-order valence-electron chi connectivity index (χ3n) is 8.87. The summed E-state index contributed by atoms with van der Waals surface area (Å²) >= 11 is 4.05. The molecule has 35 heavy (non-hydrogen) atoms. The molecule has 0 saturated heterocycles. The van der Waals surface area contributed by atoms with E-state index in [0.717, 1.165) is 0 Å². The third kappa shape index (κ3) is 2.91. The lowest BCUT2D eigenvalue weighted by atomic mass is 9.59. The van der Waals surface area contributed by atoms with Crippen LogP contribution in [-0.2, 0) is 16.2 Å². The van der Waals surface area contributed by atoms with Gasteiger partial charge in [-0.1, -0.05) is 137 Å². The van der Waals surface area contributed by atoms with E-state index in [1.165, 1.54) is 49.0 Å². The van der Waals surface area contributed by atoms with E-state index in [-0.39, 0.29) is 21.7 Å². The summed E-state index contributed by atoms with van der Waals surface area (Å²) < 4.78 is 1.21. The molecule has 178 valence electrons. The fourth-order valence-corrected chi connectivity index (χ4v) is 7.71. The smallest absolute Gasteiger partial charge is 0.0551 e. The van der Waals surface area contributed by atoms with Gasteiger partial charge in [0, 0.05) is 15.8 Å². The fourth-order valence-electron chi connectivity index (χ4n) is 7.03. The standard InChI is InChI=1S/C34H35Br/c1-31(2,3)21-15-16-26-27(19-21)34(29-20-22(32(4,5)6)17-18-33(26,29)7)25-13-9-8-11-23(25)24-12-10-14-28(35)30(24)34/h8-20,29H,1-7H3. The second-order valence-electron chi connectivity index (χ2n) is 13.0. The Morgan fingerprint density at radius 2 is 1.46 bits per heavy atom. The molecule has 0 bridgehead atoms. The number of rotatable bonds is 0. The molecule has 0 aliphatic heterocycles. The van der Waals surface area contributed by atoms with Gasteiger partial charge >= 0.3 is 0 Å². The molecule has 0 amide bonds. The summed E-state index contributed by atoms with van der Waals surface area (Å²) in [7, 11) is 0. The van der Waals surface area contributed by atoms with Crippen molar-refractivity contribution in [1.82, 2.24) is 0 Å². The van der Waals surface area contributed by atoms with Gasteiger partial charge in [0.2, 0.25) is 0 Å². The van der Waals surface area contributed by atoms with Gasteiger partial charge in [-0.25, -0.2) is 0 Å². The predicted molar refractivity (Wildman–Crippen MR) is 152 cm³/mol. The van der Waals surface area contributed by atoms with Crippen molar-refractivity contribution in [2.75, 3.05) is 0 Å². The van der Waals surface area contributed by atoms with E-state index < -0.39 is 0 Å². The Morgan fingerprint density at radius 1 is 0.743 bits per heavy atom. The first-order valence-electron chi connectivity index (χ1n) is 12.9. The molecule has 3 atom stereocenters. The lowest BCUT2D eigenvalue weighted by molar-refractivity contribution is 0.359. The lowest BCUT2D eigenvalue weighted by Gasteiger charge is -2.42. The van der Waals surface area contributed by atoms with Crippen LogP contribution in [0.15, 0.2) is 88.9 Å². The molecule has 3 aliphatic rings. The van der Waals surface area contributed by atoms with E-state index in [9.17, 15) is 0 Å². The van der Waals surface area contributed by atoms with Crippen LogP contribution in [-0.4, -0.2) is 0 Å². The van der Waals surface area contributed by atoms with Crippen molar-refractivity contribution < 1.29 is 0 Å². The van der Waals surface area contributed by atoms with Crippen LogP contribution in [0.5, 0.6) is 0 Å². The van der Waals surface area contributed by atoms with Gasteiger partial charge in [-0.2, -0.15) is 0 Å². The van der Waals surface area contributed by atoms with Crippen LogP contribution in [0.3, 0.4) is 0 Å². The molecule has 0 heterocycles. The monoisotopic (exact) mass is 522 g/mol. The molecule has 0 aromatic heterocycles. The zero-order valence-corrected chi connectivity index (χ0v) is 23.5. The maximum absolute atomic E-state index is 4.05. The van der Waals surface area contributed by atoms with Gasteiger partial charge in [0.1, 0.15) is 0 Å². The van der Waals surface area contributed by atoms with Crippen molar-refractivity contribution in [1.29, 1.82) is 0 Å². The van der Waals surface area contributed by atoms with Crippen LogP contribution >= 0.6 is 15.9 Å². The maximum atomic E-state index is 4.05. The highest BCUT2D eigenvalue weighted by Gasteiger charge is 2.62. The zero-order valence-electron chi connectivity index (χ0n) is 22.0. The molecular weight excluding hydrogens is 488 g/mol. The van der Waals surface area contributed by atoms with Crippen molar-refractivity contribution in [2.45, 2.75) is 64.7 Å². The summed E-state index contributed by atoms with van der Waals surface area (Å²) in [4.78, 5) is 0. The summed E-state index contributed by atoms with van der Waals surface area (Å²) in [6.45, 7) is 16.5. The normalized spacial score (nSPS) is 26.3. The Morgan fingerprint density at radius 3 is 2.17 bits per heavy atom. The summed E-state index contributed by atoms with van der Waals surface area (Å²) in [5, 5.41) is 0. The minimum atomic E-state index is -0.237. The van der Waals surface area contributed by atoms with Crippen LogP contribution < -0.4 is 0 Å². The van der Waals surface area contributed by atoms with Crippen molar-refractivity contribution in [3.8, 4) is 11.1 Å². The first-order valence-corrected chi connectivity index (χ1v) is 13.7. The minimum Gasteiger partial charge on any atom is -0.0749 e. The van der Waals surface area contributed by atoms with Crippen LogP contribution in [0.4, 0.5) is 0 Å². The molecule has 3 aromatic carbocycles. The topological polar surface area (TPSA) is 0 Å². The molecule has 1 heteroatoms. The predicted octanol–water partition coefficient (Wildman–Crippen LogP) is 9.49. The zero-order chi connectivity index (χ0) is 25.0. The van der Waals surface area contributed by atoms with Crippen molar-refractivity contribution in [3.05, 3.63) is 117 Å². The van der Waals surface area contributed by atoms with Crippen molar-refractivity contribution >= 4 is 15.9 Å². The molecule has 0 saturated carbocycles. The van der Waals surface area contributed by atoms with Crippen LogP contribution in [0, 0.1) is 11.3 Å². The summed E-state index contributed by atoms with van der Waals surface area (Å²) in [5.74, 6) is 0.292. The van der Waals surface area contributed by atoms with E-state index in [1.54, 1.807) is 0 Å². The van der Waals surface area contributed by atoms with Crippen LogP contribution in [0.2, 0.25) is 0 Å². The second kappa shape index (κ2) is 7.10. The average molecular weight is 524 g/mol. The Hall–Kier alpha value is -2.38. The Kier molecular flexibility index (Phi) is 4.67. The van der Waals surface area contributed by atoms with E-state index in [1.807, 2.05) is 0 Å². The molecule has 3 aromatic rings. The summed E-state index contributed by atoms with van der Waals surface area (Å²) in [6, 6.07) is 23.3. The highest BCUT2D eigenvalue weighted by molar-refractivity contribution is 9.10. The Labute approximate surface area is 219 Å². The van der Waals surface area contributed by atoms with Gasteiger partial charge < -0.3 is 0 Å². The van der Waals surface area contributed by atoms with Crippen LogP contribution in [0.1, 0.15) is 76.3 Å². The van der Waals surface area contributed by atoms with Gasteiger partial charge in [-0.15, -0.1) is 0 Å². The van der Waals surface area contributed by atoms with Crippen molar-refractivity contribution in [3.63, 3.8) is 0 Å². The first-order chi connectivity index (χ1) is 16.4. The van der Waals surface area contributed by atoms with Gasteiger partial charge in [0.25, 0.3) is 0 Å². The Bertz CT molecular complexity index is 1440. The highest BCUT2D eigenvalue weighted by Crippen LogP contribution is 2.68. The fraction of sp³-hybridized carbons (Fsp3) is 0.353. The molecule has 1 spiro atoms.